The van der Waals surface area contributed by atoms with Gasteiger partial charge in [0.1, 0.15) is 0 Å². The van der Waals surface area contributed by atoms with Crippen LogP contribution in [0.4, 0.5) is 5.69 Å². The number of hydrogen-bond donors (Lipinski definition) is 1. The lowest BCUT2D eigenvalue weighted by molar-refractivity contribution is -0.808. The van der Waals surface area contributed by atoms with E-state index < -0.39 is 0 Å². The molecule has 51 valence electrons. The summed E-state index contributed by atoms with van der Waals surface area (Å²) in [5.74, 6) is 0. The molecule has 0 bridgehead atoms. The summed E-state index contributed by atoms with van der Waals surface area (Å²) in [4.78, 5) is 14.1. The van der Waals surface area contributed by atoms with Crippen LogP contribution in [-0.2, 0) is 9.63 Å². The van der Waals surface area contributed by atoms with Crippen molar-refractivity contribution in [2.45, 2.75) is 0 Å². The Hall–Kier alpha value is -1.35. The zero-order valence-electron chi connectivity index (χ0n) is 5.36. The number of hydrogen-bond acceptors (Lipinski definition) is 2. The molecule has 0 aliphatic rings. The van der Waals surface area contributed by atoms with Crippen molar-refractivity contribution in [2.75, 3.05) is 0 Å². The van der Waals surface area contributed by atoms with Crippen LogP contribution >= 0.6 is 0 Å². The Kier molecular flexibility index (Phi) is 2.46. The first-order valence-corrected chi connectivity index (χ1v) is 2.91. The van der Waals surface area contributed by atoms with Crippen LogP contribution in [0.15, 0.2) is 30.3 Å². The van der Waals surface area contributed by atoms with E-state index in [2.05, 4.69) is 4.84 Å². The Balaban J connectivity index is 2.50. The maximum Gasteiger partial charge on any atom is 0.629 e. The molecule has 0 aliphatic carbocycles. The normalized spacial score (nSPS) is 8.80. The molecule has 2 N–H and O–H groups in total. The smallest absolute Gasteiger partial charge is 0.0877 e. The van der Waals surface area contributed by atoms with E-state index >= 15 is 0 Å². The van der Waals surface area contributed by atoms with Gasteiger partial charge in [0, 0.05) is 12.1 Å². The van der Waals surface area contributed by atoms with Gasteiger partial charge in [-0.25, -0.2) is 0 Å². The second-order valence-electron chi connectivity index (χ2n) is 1.76. The van der Waals surface area contributed by atoms with Crippen LogP contribution in [0.2, 0.25) is 0 Å². The molecule has 0 fully saturated rings. The van der Waals surface area contributed by atoms with Crippen LogP contribution in [0.5, 0.6) is 0 Å². The number of carbonyl (C=O) groups is 1. The SMILES string of the molecule is [O+]=CO[NH2+]c1ccccc1. The molecule has 0 aliphatic heterocycles. The molecule has 0 heterocycles. The van der Waals surface area contributed by atoms with Gasteiger partial charge >= 0.3 is 6.47 Å². The second-order valence-corrected chi connectivity index (χ2v) is 1.76. The minimum absolute atomic E-state index is 0.396. The van der Waals surface area contributed by atoms with E-state index in [1.807, 2.05) is 30.3 Å². The molecule has 3 heteroatoms. The minimum Gasteiger partial charge on any atom is -0.0877 e. The van der Waals surface area contributed by atoms with E-state index in [4.69, 9.17) is 0 Å². The van der Waals surface area contributed by atoms with E-state index in [-0.39, 0.29) is 0 Å². The molecule has 0 saturated heterocycles. The van der Waals surface area contributed by atoms with Gasteiger partial charge in [0.05, 0.1) is 4.79 Å². The van der Waals surface area contributed by atoms with Crippen LogP contribution in [0.25, 0.3) is 0 Å². The topological polar surface area (TPSA) is 45.7 Å². The predicted molar refractivity (Wildman–Crippen MR) is 35.2 cm³/mol. The highest BCUT2D eigenvalue weighted by atomic mass is 16.7. The quantitative estimate of drug-likeness (QED) is 0.276. The molecule has 3 nitrogen and oxygen atoms in total. The third-order valence-corrected chi connectivity index (χ3v) is 1.06. The van der Waals surface area contributed by atoms with Crippen molar-refractivity contribution in [3.63, 3.8) is 0 Å². The fourth-order valence-electron chi connectivity index (χ4n) is 0.638. The molecule has 0 saturated carbocycles. The summed E-state index contributed by atoms with van der Waals surface area (Å²) < 4.78 is 0. The molecular weight excluding hydrogens is 130 g/mol. The first-order chi connectivity index (χ1) is 4.93. The lowest BCUT2D eigenvalue weighted by atomic mass is 10.3. The van der Waals surface area contributed by atoms with Crippen LogP contribution < -0.4 is 5.48 Å². The highest BCUT2D eigenvalue weighted by Crippen LogP contribution is 1.95. The van der Waals surface area contributed by atoms with Crippen molar-refractivity contribution in [3.05, 3.63) is 30.3 Å². The largest absolute Gasteiger partial charge is 0.629 e. The van der Waals surface area contributed by atoms with Crippen molar-refractivity contribution in [1.29, 1.82) is 0 Å². The summed E-state index contributed by atoms with van der Waals surface area (Å²) in [7, 11) is 0. The van der Waals surface area contributed by atoms with Gasteiger partial charge in [-0.2, -0.15) is 0 Å². The molecule has 1 aromatic carbocycles. The van der Waals surface area contributed by atoms with Gasteiger partial charge in [-0.15, -0.1) is 0 Å². The summed E-state index contributed by atoms with van der Waals surface area (Å²) in [5.41, 5.74) is 2.28. The van der Waals surface area contributed by atoms with E-state index in [0.29, 0.717) is 6.47 Å². The molecule has 10 heavy (non-hydrogen) atoms. The zero-order valence-corrected chi connectivity index (χ0v) is 5.36. The molecule has 0 aromatic heterocycles. The third-order valence-electron chi connectivity index (χ3n) is 1.06. The predicted octanol–water partition coefficient (Wildman–Crippen LogP) is -0.0305. The van der Waals surface area contributed by atoms with Crippen molar-refractivity contribution in [1.82, 2.24) is 0 Å². The average Bonchev–Trinajstić information content (AvgIpc) is 2.03. The third kappa shape index (κ3) is 1.87. The van der Waals surface area contributed by atoms with E-state index in [1.165, 1.54) is 5.48 Å². The first-order valence-electron chi connectivity index (χ1n) is 2.91. The lowest BCUT2D eigenvalue weighted by Gasteiger charge is -1.85. The maximum absolute atomic E-state index is 9.72. The van der Waals surface area contributed by atoms with E-state index in [9.17, 15) is 4.79 Å². The fraction of sp³-hybridized carbons (Fsp3) is 0. The monoisotopic (exact) mass is 138 g/mol. The highest BCUT2D eigenvalue weighted by Gasteiger charge is 1.98. The molecule has 1 rings (SSSR count). The summed E-state index contributed by atoms with van der Waals surface area (Å²) in [6, 6.07) is 9.35. The molecule has 1 radical (unpaired) electrons. The molecular formula is C7H8NO2+2. The van der Waals surface area contributed by atoms with Gasteiger partial charge in [-0.1, -0.05) is 23.0 Å². The van der Waals surface area contributed by atoms with Crippen LogP contribution in [-0.4, -0.2) is 6.47 Å². The summed E-state index contributed by atoms with van der Waals surface area (Å²) >= 11 is 0. The highest BCUT2D eigenvalue weighted by molar-refractivity contribution is 5.36. The van der Waals surface area contributed by atoms with Gasteiger partial charge in [0.25, 0.3) is 0 Å². The number of quaternary nitrogens is 1. The van der Waals surface area contributed by atoms with E-state index in [0.717, 1.165) is 5.69 Å². The van der Waals surface area contributed by atoms with Gasteiger partial charge in [-0.3, -0.25) is 0 Å². The van der Waals surface area contributed by atoms with Gasteiger partial charge in [-0.05, 0) is 5.48 Å². The van der Waals surface area contributed by atoms with Crippen LogP contribution in [0.3, 0.4) is 0 Å². The minimum atomic E-state index is 0.396. The number of rotatable bonds is 3. The zero-order chi connectivity index (χ0) is 7.23. The summed E-state index contributed by atoms with van der Waals surface area (Å²) in [6.45, 7) is 0.396. The Morgan fingerprint density at radius 2 is 2.00 bits per heavy atom. The molecule has 0 atom stereocenters. The Labute approximate surface area is 58.6 Å². The van der Waals surface area contributed by atoms with Gasteiger partial charge in [0.15, 0.2) is 5.69 Å². The lowest BCUT2D eigenvalue weighted by Crippen LogP contribution is -2.76. The van der Waals surface area contributed by atoms with Crippen molar-refractivity contribution in [3.8, 4) is 0 Å². The summed E-state index contributed by atoms with van der Waals surface area (Å²) in [6.07, 6.45) is 0. The Morgan fingerprint density at radius 3 is 2.60 bits per heavy atom. The average molecular weight is 138 g/mol. The van der Waals surface area contributed by atoms with Crippen molar-refractivity contribution in [2.24, 2.45) is 0 Å². The molecule has 0 amide bonds. The van der Waals surface area contributed by atoms with Gasteiger partial charge < -0.3 is 0 Å². The van der Waals surface area contributed by atoms with Gasteiger partial charge in [0.2, 0.25) is 0 Å². The number of nitrogens with two attached hydrogens (primary N) is 1. The molecule has 0 unspecified atom stereocenters. The first kappa shape index (κ1) is 6.77. The number of benzene rings is 1. The fourth-order valence-corrected chi connectivity index (χ4v) is 0.638. The Bertz CT molecular complexity index is 198. The van der Waals surface area contributed by atoms with E-state index in [1.54, 1.807) is 0 Å². The number of carbonyl (C=O) groups excluding carboxylic acids is 1. The standard InChI is InChI=1S/C7H7NO2/c9-6-10-8-7-4-2-1-3-5-7/h1-6,8H/q+1/p+1. The van der Waals surface area contributed by atoms with Crippen molar-refractivity contribution >= 4 is 12.2 Å². The van der Waals surface area contributed by atoms with Crippen LogP contribution in [0.1, 0.15) is 0 Å². The second kappa shape index (κ2) is 3.63. The van der Waals surface area contributed by atoms with Crippen molar-refractivity contribution < 1.29 is 15.1 Å². The molecule has 1 aromatic rings. The maximum atomic E-state index is 9.72. The van der Waals surface area contributed by atoms with Crippen LogP contribution in [0, 0.1) is 0 Å². The summed E-state index contributed by atoms with van der Waals surface area (Å²) in [5, 5.41) is 0. The Morgan fingerprint density at radius 1 is 1.30 bits per heavy atom. The molecule has 0 spiro atoms.